The van der Waals surface area contributed by atoms with E-state index in [0.717, 1.165) is 26.9 Å². The topological polar surface area (TPSA) is 82.2 Å². The van der Waals surface area contributed by atoms with Gasteiger partial charge in [0.2, 0.25) is 0 Å². The number of benzene rings is 2. The summed E-state index contributed by atoms with van der Waals surface area (Å²) in [5.74, 6) is -1.09. The Morgan fingerprint density at radius 1 is 1.04 bits per heavy atom. The summed E-state index contributed by atoms with van der Waals surface area (Å²) in [5.41, 5.74) is 3.83. The monoisotopic (exact) mass is 376 g/mol. The number of rotatable bonds is 5. The van der Waals surface area contributed by atoms with E-state index in [1.807, 2.05) is 48.7 Å². The van der Waals surface area contributed by atoms with Crippen LogP contribution in [-0.2, 0) is 6.54 Å². The molecule has 5 nitrogen and oxygen atoms in total. The van der Waals surface area contributed by atoms with Gasteiger partial charge in [-0.15, -0.1) is 11.3 Å². The Morgan fingerprint density at radius 2 is 1.89 bits per heavy atom. The van der Waals surface area contributed by atoms with E-state index in [9.17, 15) is 14.7 Å². The lowest BCUT2D eigenvalue weighted by atomic mass is 9.98. The standard InChI is InChI=1S/C21H16N2O3S/c24-20(19-11-17-18(27-19)8-9-22-17)23-12-15-4-1-2-7-16(15)13-5-3-6-14(10-13)21(25)26/h1-11,22H,12H2,(H,23,24)(H,25,26). The molecule has 4 aromatic rings. The molecule has 0 radical (unpaired) electrons. The van der Waals surface area contributed by atoms with Crippen molar-refractivity contribution in [1.82, 2.24) is 10.3 Å². The first-order chi connectivity index (χ1) is 13.1. The van der Waals surface area contributed by atoms with Gasteiger partial charge in [0.15, 0.2) is 0 Å². The van der Waals surface area contributed by atoms with Gasteiger partial charge in [0.1, 0.15) is 0 Å². The maximum atomic E-state index is 12.5. The van der Waals surface area contributed by atoms with E-state index in [-0.39, 0.29) is 11.5 Å². The number of aromatic carboxylic acids is 1. The normalized spacial score (nSPS) is 10.8. The summed E-state index contributed by atoms with van der Waals surface area (Å²) in [6.07, 6.45) is 1.85. The van der Waals surface area contributed by atoms with Crippen LogP contribution in [0.1, 0.15) is 25.6 Å². The molecule has 2 aromatic carbocycles. The molecular weight excluding hydrogens is 360 g/mol. The zero-order chi connectivity index (χ0) is 18.8. The largest absolute Gasteiger partial charge is 0.478 e. The number of carboxylic acid groups (broad SMARTS) is 1. The third-order valence-corrected chi connectivity index (χ3v) is 5.43. The molecular formula is C21H16N2O3S. The number of hydrogen-bond acceptors (Lipinski definition) is 3. The second-order valence-electron chi connectivity index (χ2n) is 6.09. The number of thiophene rings is 1. The van der Waals surface area contributed by atoms with Crippen LogP contribution in [0, 0.1) is 0 Å². The Hall–Kier alpha value is -3.38. The molecule has 2 aromatic heterocycles. The van der Waals surface area contributed by atoms with Crippen molar-refractivity contribution in [2.24, 2.45) is 0 Å². The van der Waals surface area contributed by atoms with Gasteiger partial charge in [-0.1, -0.05) is 36.4 Å². The van der Waals surface area contributed by atoms with Gasteiger partial charge in [-0.25, -0.2) is 4.79 Å². The number of aromatic amines is 1. The van der Waals surface area contributed by atoms with Crippen LogP contribution in [0.15, 0.2) is 66.9 Å². The molecule has 0 aliphatic heterocycles. The van der Waals surface area contributed by atoms with E-state index >= 15 is 0 Å². The summed E-state index contributed by atoms with van der Waals surface area (Å²) in [5, 5.41) is 12.2. The number of carboxylic acids is 1. The van der Waals surface area contributed by atoms with Crippen molar-refractivity contribution < 1.29 is 14.7 Å². The van der Waals surface area contributed by atoms with Gasteiger partial charge in [-0.05, 0) is 41.0 Å². The molecule has 0 aliphatic rings. The van der Waals surface area contributed by atoms with Crippen molar-refractivity contribution in [2.75, 3.05) is 0 Å². The van der Waals surface area contributed by atoms with Crippen LogP contribution < -0.4 is 5.32 Å². The maximum absolute atomic E-state index is 12.5. The van der Waals surface area contributed by atoms with E-state index in [0.29, 0.717) is 11.4 Å². The Bertz CT molecular complexity index is 1110. The predicted molar refractivity (Wildman–Crippen MR) is 106 cm³/mol. The van der Waals surface area contributed by atoms with Crippen molar-refractivity contribution in [3.05, 3.63) is 82.9 Å². The minimum Gasteiger partial charge on any atom is -0.478 e. The fourth-order valence-corrected chi connectivity index (χ4v) is 3.94. The Morgan fingerprint density at radius 3 is 2.70 bits per heavy atom. The van der Waals surface area contributed by atoms with E-state index in [2.05, 4.69) is 10.3 Å². The highest BCUT2D eigenvalue weighted by Gasteiger charge is 2.12. The Kier molecular flexibility index (Phi) is 4.48. The minimum absolute atomic E-state index is 0.126. The highest BCUT2D eigenvalue weighted by atomic mass is 32.1. The molecule has 0 saturated heterocycles. The molecule has 0 aliphatic carbocycles. The van der Waals surface area contributed by atoms with Crippen LogP contribution in [0.5, 0.6) is 0 Å². The van der Waals surface area contributed by atoms with Crippen LogP contribution in [0.2, 0.25) is 0 Å². The van der Waals surface area contributed by atoms with Crippen molar-refractivity contribution >= 4 is 33.4 Å². The number of carbonyl (C=O) groups is 2. The Balaban J connectivity index is 1.56. The number of carbonyl (C=O) groups excluding carboxylic acids is 1. The third kappa shape index (κ3) is 3.47. The molecule has 1 amide bonds. The number of amides is 1. The second-order valence-corrected chi connectivity index (χ2v) is 7.18. The summed E-state index contributed by atoms with van der Waals surface area (Å²) >= 11 is 1.44. The lowest BCUT2D eigenvalue weighted by Crippen LogP contribution is -2.22. The molecule has 4 rings (SSSR count). The molecule has 0 atom stereocenters. The molecule has 0 fully saturated rings. The van der Waals surface area contributed by atoms with Gasteiger partial charge in [0.25, 0.3) is 5.91 Å². The quantitative estimate of drug-likeness (QED) is 0.479. The highest BCUT2D eigenvalue weighted by Crippen LogP contribution is 2.26. The average Bonchev–Trinajstić information content (AvgIpc) is 3.28. The maximum Gasteiger partial charge on any atom is 0.335 e. The lowest BCUT2D eigenvalue weighted by Gasteiger charge is -2.11. The zero-order valence-corrected chi connectivity index (χ0v) is 15.0. The highest BCUT2D eigenvalue weighted by molar-refractivity contribution is 7.20. The van der Waals surface area contributed by atoms with Crippen molar-refractivity contribution in [2.45, 2.75) is 6.54 Å². The number of hydrogen-bond donors (Lipinski definition) is 3. The van der Waals surface area contributed by atoms with Gasteiger partial charge >= 0.3 is 5.97 Å². The fraction of sp³-hybridized carbons (Fsp3) is 0.0476. The van der Waals surface area contributed by atoms with Gasteiger partial charge < -0.3 is 15.4 Å². The molecule has 2 heterocycles. The summed E-state index contributed by atoms with van der Waals surface area (Å²) < 4.78 is 1.05. The van der Waals surface area contributed by atoms with E-state index < -0.39 is 5.97 Å². The van der Waals surface area contributed by atoms with E-state index in [4.69, 9.17) is 0 Å². The molecule has 27 heavy (non-hydrogen) atoms. The van der Waals surface area contributed by atoms with Crippen molar-refractivity contribution in [1.29, 1.82) is 0 Å². The predicted octanol–water partition coefficient (Wildman–Crippen LogP) is 4.52. The summed E-state index contributed by atoms with van der Waals surface area (Å²) in [7, 11) is 0. The first kappa shape index (κ1) is 17.1. The first-order valence-corrected chi connectivity index (χ1v) is 9.20. The van der Waals surface area contributed by atoms with Gasteiger partial charge in [-0.2, -0.15) is 0 Å². The van der Waals surface area contributed by atoms with Gasteiger partial charge in [0.05, 0.1) is 20.7 Å². The number of H-pyrrole nitrogens is 1. The molecule has 3 N–H and O–H groups in total. The van der Waals surface area contributed by atoms with E-state index in [1.54, 1.807) is 18.2 Å². The molecule has 134 valence electrons. The molecule has 0 unspecified atom stereocenters. The first-order valence-electron chi connectivity index (χ1n) is 8.38. The van der Waals surface area contributed by atoms with Crippen molar-refractivity contribution in [3.8, 4) is 11.1 Å². The molecule has 6 heteroatoms. The summed E-state index contributed by atoms with van der Waals surface area (Å²) in [6.45, 7) is 0.359. The lowest BCUT2D eigenvalue weighted by molar-refractivity contribution is 0.0696. The van der Waals surface area contributed by atoms with Crippen molar-refractivity contribution in [3.63, 3.8) is 0 Å². The van der Waals surface area contributed by atoms with Crippen LogP contribution >= 0.6 is 11.3 Å². The minimum atomic E-state index is -0.962. The smallest absolute Gasteiger partial charge is 0.335 e. The summed E-state index contributed by atoms with van der Waals surface area (Å²) in [4.78, 5) is 27.5. The average molecular weight is 376 g/mol. The SMILES string of the molecule is O=C(O)c1cccc(-c2ccccc2CNC(=O)c2cc3[nH]ccc3s2)c1. The van der Waals surface area contributed by atoms with Gasteiger partial charge in [-0.3, -0.25) is 4.79 Å². The number of aromatic nitrogens is 1. The van der Waals surface area contributed by atoms with Crippen LogP contribution in [-0.4, -0.2) is 22.0 Å². The second kappa shape index (κ2) is 7.09. The van der Waals surface area contributed by atoms with Crippen LogP contribution in [0.25, 0.3) is 21.3 Å². The fourth-order valence-electron chi connectivity index (χ4n) is 3.00. The number of fused-ring (bicyclic) bond motifs is 1. The Labute approximate surface area is 159 Å². The molecule has 0 spiro atoms. The number of nitrogens with one attached hydrogen (secondary N) is 2. The molecule has 0 bridgehead atoms. The van der Waals surface area contributed by atoms with Gasteiger partial charge in [0, 0.05) is 12.7 Å². The van der Waals surface area contributed by atoms with E-state index in [1.165, 1.54) is 11.3 Å². The van der Waals surface area contributed by atoms with Crippen LogP contribution in [0.4, 0.5) is 0 Å². The zero-order valence-electron chi connectivity index (χ0n) is 14.2. The van der Waals surface area contributed by atoms with Crippen LogP contribution in [0.3, 0.4) is 0 Å². The molecule has 0 saturated carbocycles. The summed E-state index contributed by atoms with van der Waals surface area (Å²) in [6, 6.07) is 18.3. The third-order valence-electron chi connectivity index (χ3n) is 4.34.